The van der Waals surface area contributed by atoms with E-state index in [1.54, 1.807) is 4.90 Å². The lowest BCUT2D eigenvalue weighted by Gasteiger charge is -2.32. The Morgan fingerprint density at radius 1 is 1.12 bits per heavy atom. The van der Waals surface area contributed by atoms with Gasteiger partial charge in [-0.15, -0.1) is 0 Å². The molecule has 0 bridgehead atoms. The van der Waals surface area contributed by atoms with Crippen LogP contribution in [0.2, 0.25) is 0 Å². The van der Waals surface area contributed by atoms with Crippen LogP contribution in [0.4, 0.5) is 10.1 Å². The summed E-state index contributed by atoms with van der Waals surface area (Å²) in [7, 11) is 1.99. The molecule has 1 amide bonds. The average Bonchev–Trinajstić information content (AvgIpc) is 2.77. The molecule has 2 aromatic rings. The number of amides is 1. The van der Waals surface area contributed by atoms with Gasteiger partial charge < -0.3 is 24.8 Å². The smallest absolute Gasteiger partial charge is 0.341 e. The van der Waals surface area contributed by atoms with E-state index in [4.69, 9.17) is 0 Å². The van der Waals surface area contributed by atoms with Crippen molar-refractivity contribution in [3.8, 4) is 0 Å². The van der Waals surface area contributed by atoms with Crippen molar-refractivity contribution in [1.29, 1.82) is 0 Å². The van der Waals surface area contributed by atoms with Crippen LogP contribution in [0.15, 0.2) is 23.1 Å². The minimum absolute atomic E-state index is 0.0391. The van der Waals surface area contributed by atoms with Crippen LogP contribution in [0.5, 0.6) is 0 Å². The predicted octanol–water partition coefficient (Wildman–Crippen LogP) is 2.36. The quantitative estimate of drug-likeness (QED) is 0.735. The molecule has 0 atom stereocenters. The first-order chi connectivity index (χ1) is 15.3. The van der Waals surface area contributed by atoms with Gasteiger partial charge >= 0.3 is 5.97 Å². The molecule has 1 aliphatic heterocycles. The van der Waals surface area contributed by atoms with Crippen molar-refractivity contribution in [2.24, 2.45) is 0 Å². The van der Waals surface area contributed by atoms with Crippen LogP contribution in [0.1, 0.15) is 42.5 Å². The van der Waals surface area contributed by atoms with E-state index in [0.29, 0.717) is 18.6 Å². The zero-order chi connectivity index (χ0) is 22.8. The van der Waals surface area contributed by atoms with E-state index < -0.39 is 22.8 Å². The molecule has 8 nitrogen and oxygen atoms in total. The molecule has 9 heteroatoms. The number of rotatable bonds is 5. The van der Waals surface area contributed by atoms with Gasteiger partial charge in [0.2, 0.25) is 11.3 Å². The Balaban J connectivity index is 1.72. The Morgan fingerprint density at radius 3 is 2.47 bits per heavy atom. The number of halogens is 1. The summed E-state index contributed by atoms with van der Waals surface area (Å²) in [4.78, 5) is 41.1. The Hall–Kier alpha value is -2.94. The second kappa shape index (κ2) is 9.28. The minimum atomic E-state index is -1.40. The lowest BCUT2D eigenvalue weighted by Crippen LogP contribution is -2.48. The molecule has 2 heterocycles. The highest BCUT2D eigenvalue weighted by Gasteiger charge is 2.23. The number of carbonyl (C=O) groups excluding carboxylic acids is 1. The number of aromatic nitrogens is 1. The molecule has 1 aromatic carbocycles. The Bertz CT molecular complexity index is 1090. The van der Waals surface area contributed by atoms with Gasteiger partial charge in [0.15, 0.2) is 0 Å². The Labute approximate surface area is 185 Å². The molecular weight excluding hydrogens is 415 g/mol. The van der Waals surface area contributed by atoms with E-state index in [9.17, 15) is 23.9 Å². The summed E-state index contributed by atoms with van der Waals surface area (Å²) < 4.78 is 16.3. The topological polar surface area (TPSA) is 94.9 Å². The molecule has 2 aliphatic rings. The Morgan fingerprint density at radius 2 is 1.81 bits per heavy atom. The summed E-state index contributed by atoms with van der Waals surface area (Å²) in [6, 6.07) is 2.77. The van der Waals surface area contributed by atoms with Gasteiger partial charge in [-0.3, -0.25) is 9.59 Å². The maximum Gasteiger partial charge on any atom is 0.341 e. The third-order valence-electron chi connectivity index (χ3n) is 6.53. The Kier molecular flexibility index (Phi) is 6.45. The highest BCUT2D eigenvalue weighted by atomic mass is 19.1. The summed E-state index contributed by atoms with van der Waals surface area (Å²) >= 11 is 0. The van der Waals surface area contributed by atoms with Gasteiger partial charge in [-0.05, 0) is 32.0 Å². The van der Waals surface area contributed by atoms with E-state index in [-0.39, 0.29) is 29.6 Å². The summed E-state index contributed by atoms with van der Waals surface area (Å²) in [6.45, 7) is 2.58. The van der Waals surface area contributed by atoms with Crippen LogP contribution in [0, 0.1) is 5.82 Å². The fourth-order valence-corrected chi connectivity index (χ4v) is 4.57. The lowest BCUT2D eigenvalue weighted by atomic mass is 9.95. The number of pyridine rings is 1. The average molecular weight is 445 g/mol. The van der Waals surface area contributed by atoms with Crippen molar-refractivity contribution < 1.29 is 19.1 Å². The third-order valence-corrected chi connectivity index (χ3v) is 6.53. The van der Waals surface area contributed by atoms with Crippen LogP contribution >= 0.6 is 0 Å². The molecule has 1 aliphatic carbocycles. The number of piperazine rings is 1. The molecular formula is C23H29FN4O4. The fourth-order valence-electron chi connectivity index (χ4n) is 4.57. The summed E-state index contributed by atoms with van der Waals surface area (Å²) in [5.74, 6) is -2.16. The van der Waals surface area contributed by atoms with Crippen molar-refractivity contribution in [2.75, 3.05) is 38.5 Å². The molecule has 172 valence electrons. The molecule has 1 aromatic heterocycles. The third kappa shape index (κ3) is 4.62. The zero-order valence-corrected chi connectivity index (χ0v) is 18.3. The summed E-state index contributed by atoms with van der Waals surface area (Å²) in [5.41, 5.74) is -0.607. The van der Waals surface area contributed by atoms with Crippen LogP contribution in [0.25, 0.3) is 10.9 Å². The maximum atomic E-state index is 14.9. The van der Waals surface area contributed by atoms with Gasteiger partial charge in [-0.2, -0.15) is 0 Å². The molecule has 4 rings (SSSR count). The molecule has 2 fully saturated rings. The van der Waals surface area contributed by atoms with Gasteiger partial charge in [0.05, 0.1) is 11.2 Å². The summed E-state index contributed by atoms with van der Waals surface area (Å²) in [6.07, 6.45) is 6.43. The number of fused-ring (bicyclic) bond motifs is 1. The minimum Gasteiger partial charge on any atom is -0.477 e. The monoisotopic (exact) mass is 444 g/mol. The molecule has 0 radical (unpaired) electrons. The number of carboxylic acid groups (broad SMARTS) is 1. The number of hydrogen-bond acceptors (Lipinski definition) is 5. The molecule has 1 saturated heterocycles. The van der Waals surface area contributed by atoms with Gasteiger partial charge in [0, 0.05) is 43.8 Å². The number of carbonyl (C=O) groups is 2. The first-order valence-corrected chi connectivity index (χ1v) is 11.2. The number of aromatic carboxylic acids is 1. The van der Waals surface area contributed by atoms with Gasteiger partial charge in [-0.25, -0.2) is 9.18 Å². The molecule has 0 spiro atoms. The number of benzene rings is 1. The second-order valence-electron chi connectivity index (χ2n) is 8.82. The normalized spacial score (nSPS) is 18.1. The van der Waals surface area contributed by atoms with Crippen LogP contribution in [-0.2, 0) is 11.3 Å². The first kappa shape index (κ1) is 22.3. The highest BCUT2D eigenvalue weighted by Crippen LogP contribution is 2.26. The van der Waals surface area contributed by atoms with Crippen LogP contribution in [-0.4, -0.2) is 70.6 Å². The number of anilines is 1. The second-order valence-corrected chi connectivity index (χ2v) is 8.82. The van der Waals surface area contributed by atoms with Crippen molar-refractivity contribution >= 4 is 28.5 Å². The number of likely N-dealkylation sites (N-methyl/N-ethyl adjacent to an activating group) is 1. The van der Waals surface area contributed by atoms with Crippen LogP contribution in [0.3, 0.4) is 0 Å². The number of carboxylic acids is 1. The SMILES string of the molecule is CN1CCN(C(=O)Cn2cc(C(=O)O)c(=O)c3cc(F)c(NC4CCCCC4)cc32)CC1. The van der Waals surface area contributed by atoms with Gasteiger partial charge in [-0.1, -0.05) is 19.3 Å². The van der Waals surface area contributed by atoms with Crippen molar-refractivity contribution in [3.63, 3.8) is 0 Å². The predicted molar refractivity (Wildman–Crippen MR) is 120 cm³/mol. The van der Waals surface area contributed by atoms with E-state index >= 15 is 0 Å². The molecule has 2 N–H and O–H groups in total. The van der Waals surface area contributed by atoms with Crippen molar-refractivity contribution in [2.45, 2.75) is 44.7 Å². The van der Waals surface area contributed by atoms with Gasteiger partial charge in [0.1, 0.15) is 17.9 Å². The highest BCUT2D eigenvalue weighted by molar-refractivity contribution is 5.94. The summed E-state index contributed by atoms with van der Waals surface area (Å²) in [5, 5.41) is 12.7. The van der Waals surface area contributed by atoms with Crippen molar-refractivity contribution in [3.05, 3.63) is 39.9 Å². The number of nitrogens with one attached hydrogen (secondary N) is 1. The van der Waals surface area contributed by atoms with E-state index in [2.05, 4.69) is 10.2 Å². The molecule has 32 heavy (non-hydrogen) atoms. The molecule has 0 unspecified atom stereocenters. The molecule has 1 saturated carbocycles. The fraction of sp³-hybridized carbons (Fsp3) is 0.522. The van der Waals surface area contributed by atoms with E-state index in [1.165, 1.54) is 23.3 Å². The largest absolute Gasteiger partial charge is 0.477 e. The maximum absolute atomic E-state index is 14.9. The lowest BCUT2D eigenvalue weighted by molar-refractivity contribution is -0.133. The van der Waals surface area contributed by atoms with Gasteiger partial charge in [0.25, 0.3) is 0 Å². The van der Waals surface area contributed by atoms with E-state index in [0.717, 1.165) is 44.8 Å². The standard InChI is InChI=1S/C23H29FN4O4/c1-26-7-9-27(10-8-26)21(29)14-28-13-17(23(31)32)22(30)16-11-18(24)19(12-20(16)28)25-15-5-3-2-4-6-15/h11-13,15,25H,2-10,14H2,1H3,(H,31,32). The van der Waals surface area contributed by atoms with Crippen LogP contribution < -0.4 is 10.7 Å². The number of nitrogens with zero attached hydrogens (tertiary/aromatic N) is 3. The zero-order valence-electron chi connectivity index (χ0n) is 18.3. The number of hydrogen-bond donors (Lipinski definition) is 2. The van der Waals surface area contributed by atoms with E-state index in [1.807, 2.05) is 7.05 Å². The van der Waals surface area contributed by atoms with Crippen molar-refractivity contribution in [1.82, 2.24) is 14.4 Å². The first-order valence-electron chi connectivity index (χ1n) is 11.2.